The predicted octanol–water partition coefficient (Wildman–Crippen LogP) is 2.23. The van der Waals surface area contributed by atoms with Crippen LogP contribution in [-0.2, 0) is 19.5 Å². The fourth-order valence-corrected chi connectivity index (χ4v) is 2.14. The second kappa shape index (κ2) is 3.85. The van der Waals surface area contributed by atoms with Crippen LogP contribution in [0.5, 0.6) is 0 Å². The quantitative estimate of drug-likeness (QED) is 0.753. The third-order valence-corrected chi connectivity index (χ3v) is 2.77. The zero-order valence-electron chi connectivity index (χ0n) is 9.29. The molecule has 0 aliphatic carbocycles. The number of aryl methyl sites for hydroxylation is 3. The minimum Gasteiger partial charge on any atom is -0.312 e. The highest BCUT2D eigenvalue weighted by Gasteiger charge is 2.15. The van der Waals surface area contributed by atoms with Crippen LogP contribution >= 0.6 is 11.6 Å². The molecule has 0 aromatic carbocycles. The van der Waals surface area contributed by atoms with Crippen LogP contribution in [0.25, 0.3) is 11.2 Å². The Hall–Kier alpha value is -1.03. The lowest BCUT2D eigenvalue weighted by Gasteiger charge is -2.05. The van der Waals surface area contributed by atoms with E-state index in [0.29, 0.717) is 5.88 Å². The third-order valence-electron chi connectivity index (χ3n) is 2.54. The number of fused-ring (bicyclic) bond motifs is 1. The summed E-state index contributed by atoms with van der Waals surface area (Å²) >= 11 is 5.89. The van der Waals surface area contributed by atoms with Crippen molar-refractivity contribution in [2.45, 2.75) is 32.7 Å². The summed E-state index contributed by atoms with van der Waals surface area (Å²) in [7, 11) is 1.95. The molecule has 15 heavy (non-hydrogen) atoms. The van der Waals surface area contributed by atoms with E-state index in [1.54, 1.807) is 0 Å². The van der Waals surface area contributed by atoms with Gasteiger partial charge in [-0.2, -0.15) is 5.10 Å². The van der Waals surface area contributed by atoms with Gasteiger partial charge in [0.15, 0.2) is 5.65 Å². The molecule has 0 bridgehead atoms. The molecule has 0 radical (unpaired) electrons. The maximum absolute atomic E-state index is 5.89. The van der Waals surface area contributed by atoms with E-state index in [1.165, 1.54) is 0 Å². The van der Waals surface area contributed by atoms with Crippen molar-refractivity contribution >= 4 is 22.8 Å². The van der Waals surface area contributed by atoms with Crippen LogP contribution in [0.2, 0.25) is 0 Å². The van der Waals surface area contributed by atoms with Gasteiger partial charge in [-0.1, -0.05) is 6.92 Å². The molecule has 5 heteroatoms. The monoisotopic (exact) mass is 226 g/mol. The fraction of sp³-hybridized carbons (Fsp3) is 0.600. The molecule has 0 N–H and O–H groups in total. The van der Waals surface area contributed by atoms with Gasteiger partial charge in [0, 0.05) is 13.6 Å². The summed E-state index contributed by atoms with van der Waals surface area (Å²) < 4.78 is 4.03. The van der Waals surface area contributed by atoms with Gasteiger partial charge in [-0.05, 0) is 13.3 Å². The van der Waals surface area contributed by atoms with Gasteiger partial charge in [0.05, 0.1) is 11.6 Å². The van der Waals surface area contributed by atoms with Gasteiger partial charge >= 0.3 is 0 Å². The van der Waals surface area contributed by atoms with Crippen LogP contribution in [-0.4, -0.2) is 19.3 Å². The number of alkyl halides is 1. The normalized spacial score (nSPS) is 11.5. The first-order chi connectivity index (χ1) is 7.19. The Balaban J connectivity index is 2.71. The van der Waals surface area contributed by atoms with Crippen LogP contribution in [0.15, 0.2) is 0 Å². The number of hydrogen-bond acceptors (Lipinski definition) is 2. The van der Waals surface area contributed by atoms with E-state index >= 15 is 0 Å². The van der Waals surface area contributed by atoms with Crippen molar-refractivity contribution in [1.82, 2.24) is 19.3 Å². The van der Waals surface area contributed by atoms with Gasteiger partial charge in [-0.25, -0.2) is 4.98 Å². The molecule has 2 aromatic rings. The Bertz CT molecular complexity index is 483. The van der Waals surface area contributed by atoms with E-state index in [1.807, 2.05) is 18.7 Å². The van der Waals surface area contributed by atoms with E-state index in [9.17, 15) is 0 Å². The van der Waals surface area contributed by atoms with E-state index in [-0.39, 0.29) is 0 Å². The van der Waals surface area contributed by atoms with Gasteiger partial charge in [-0.3, -0.25) is 4.68 Å². The molecule has 0 saturated carbocycles. The molecule has 2 heterocycles. The number of halogens is 1. The van der Waals surface area contributed by atoms with Crippen molar-refractivity contribution in [3.05, 3.63) is 11.5 Å². The average molecular weight is 227 g/mol. The lowest BCUT2D eigenvalue weighted by molar-refractivity contribution is 0.640. The molecule has 0 spiro atoms. The van der Waals surface area contributed by atoms with Crippen LogP contribution in [0.1, 0.15) is 24.9 Å². The van der Waals surface area contributed by atoms with Crippen molar-refractivity contribution in [3.63, 3.8) is 0 Å². The van der Waals surface area contributed by atoms with Crippen LogP contribution in [0, 0.1) is 6.92 Å². The van der Waals surface area contributed by atoms with Crippen molar-refractivity contribution in [1.29, 1.82) is 0 Å². The van der Waals surface area contributed by atoms with Gasteiger partial charge in [0.25, 0.3) is 0 Å². The van der Waals surface area contributed by atoms with Gasteiger partial charge in [0.2, 0.25) is 0 Å². The minimum absolute atomic E-state index is 0.453. The van der Waals surface area contributed by atoms with Gasteiger partial charge in [-0.15, -0.1) is 11.6 Å². The summed E-state index contributed by atoms with van der Waals surface area (Å²) in [6.07, 6.45) is 1.07. The van der Waals surface area contributed by atoms with Crippen molar-refractivity contribution < 1.29 is 0 Å². The second-order valence-corrected chi connectivity index (χ2v) is 3.96. The van der Waals surface area contributed by atoms with Gasteiger partial charge < -0.3 is 4.57 Å². The predicted molar refractivity (Wildman–Crippen MR) is 61.1 cm³/mol. The Kier molecular flexibility index (Phi) is 2.69. The first-order valence-electron chi connectivity index (χ1n) is 5.13. The topological polar surface area (TPSA) is 35.6 Å². The molecule has 0 aliphatic rings. The lowest BCUT2D eigenvalue weighted by Crippen LogP contribution is -2.05. The maximum atomic E-state index is 5.89. The highest BCUT2D eigenvalue weighted by Crippen LogP contribution is 2.20. The summed E-state index contributed by atoms with van der Waals surface area (Å²) in [6, 6.07) is 0. The van der Waals surface area contributed by atoms with Crippen molar-refractivity contribution in [3.8, 4) is 0 Å². The molecule has 2 rings (SSSR count). The van der Waals surface area contributed by atoms with Crippen molar-refractivity contribution in [2.75, 3.05) is 0 Å². The molecule has 4 nitrogen and oxygen atoms in total. The number of aromatic nitrogens is 4. The fourth-order valence-electron chi connectivity index (χ4n) is 1.94. The van der Waals surface area contributed by atoms with E-state index in [0.717, 1.165) is 35.6 Å². The molecule has 0 amide bonds. The van der Waals surface area contributed by atoms with Crippen LogP contribution in [0.3, 0.4) is 0 Å². The van der Waals surface area contributed by atoms with Crippen molar-refractivity contribution in [2.24, 2.45) is 7.05 Å². The summed E-state index contributed by atoms with van der Waals surface area (Å²) in [5, 5.41) is 4.36. The standard InChI is InChI=1S/C10H15ClN4/c1-4-5-15-8(6-11)12-9-7(2)13-14(3)10(9)15/h4-6H2,1-3H3. The van der Waals surface area contributed by atoms with E-state index in [2.05, 4.69) is 21.6 Å². The first-order valence-corrected chi connectivity index (χ1v) is 5.67. The summed E-state index contributed by atoms with van der Waals surface area (Å²) in [4.78, 5) is 4.52. The van der Waals surface area contributed by atoms with Crippen LogP contribution < -0.4 is 0 Å². The number of hydrogen-bond donors (Lipinski definition) is 0. The Morgan fingerprint density at radius 3 is 2.73 bits per heavy atom. The zero-order chi connectivity index (χ0) is 11.0. The van der Waals surface area contributed by atoms with E-state index < -0.39 is 0 Å². The summed E-state index contributed by atoms with van der Waals surface area (Å²) in [5.41, 5.74) is 3.01. The first kappa shape index (κ1) is 10.5. The molecule has 0 unspecified atom stereocenters. The summed E-state index contributed by atoms with van der Waals surface area (Å²) in [5.74, 6) is 1.39. The van der Waals surface area contributed by atoms with Crippen LogP contribution in [0.4, 0.5) is 0 Å². The third kappa shape index (κ3) is 1.53. The zero-order valence-corrected chi connectivity index (χ0v) is 10.0. The molecular weight excluding hydrogens is 212 g/mol. The Morgan fingerprint density at radius 1 is 1.40 bits per heavy atom. The highest BCUT2D eigenvalue weighted by atomic mass is 35.5. The summed E-state index contributed by atoms with van der Waals surface area (Å²) in [6.45, 7) is 5.06. The Labute approximate surface area is 93.9 Å². The smallest absolute Gasteiger partial charge is 0.158 e. The number of rotatable bonds is 3. The van der Waals surface area contributed by atoms with Gasteiger partial charge in [0.1, 0.15) is 11.3 Å². The minimum atomic E-state index is 0.453. The van der Waals surface area contributed by atoms with E-state index in [4.69, 9.17) is 11.6 Å². The molecule has 82 valence electrons. The molecule has 0 fully saturated rings. The molecule has 0 aliphatic heterocycles. The molecule has 2 aromatic heterocycles. The number of nitrogens with zero attached hydrogens (tertiary/aromatic N) is 4. The lowest BCUT2D eigenvalue weighted by atomic mass is 10.4. The Morgan fingerprint density at radius 2 is 2.13 bits per heavy atom. The average Bonchev–Trinajstić information content (AvgIpc) is 2.68. The second-order valence-electron chi connectivity index (χ2n) is 3.69. The maximum Gasteiger partial charge on any atom is 0.158 e. The number of imidazole rings is 1. The SMILES string of the molecule is CCCn1c(CCl)nc2c(C)nn(C)c21. The largest absolute Gasteiger partial charge is 0.312 e. The highest BCUT2D eigenvalue weighted by molar-refractivity contribution is 6.16. The molecule has 0 saturated heterocycles. The molecular formula is C10H15ClN4. The molecule has 0 atom stereocenters.